The minimum Gasteiger partial charge on any atom is -0.220 e. The summed E-state index contributed by atoms with van der Waals surface area (Å²) in [6.45, 7) is 14.7. The van der Waals surface area contributed by atoms with Crippen LogP contribution in [-0.4, -0.2) is 14.0 Å². The maximum atomic E-state index is 11.3. The highest BCUT2D eigenvalue weighted by Crippen LogP contribution is 2.09. The molecule has 17 heavy (non-hydrogen) atoms. The Morgan fingerprint density at radius 1 is 1.35 bits per heavy atom. The molecule has 0 amide bonds. The Morgan fingerprint density at radius 2 is 1.88 bits per heavy atom. The minimum atomic E-state index is -1.35. The topological polar surface area (TPSA) is 20.9 Å². The average Bonchev–Trinajstić information content (AvgIpc) is 2.31. The molecule has 0 radical (unpaired) electrons. The average molecular weight is 252 g/mol. The van der Waals surface area contributed by atoms with Gasteiger partial charge in [0.25, 0.3) is 0 Å². The van der Waals surface area contributed by atoms with Crippen LogP contribution in [0.25, 0.3) is 0 Å². The monoisotopic (exact) mass is 252 g/mol. The van der Waals surface area contributed by atoms with Crippen molar-refractivity contribution in [2.75, 3.05) is 0 Å². The molecule has 1 heterocycles. The van der Waals surface area contributed by atoms with Crippen LogP contribution >= 0.6 is 0 Å². The lowest BCUT2D eigenvalue weighted by Gasteiger charge is -2.20. The highest BCUT2D eigenvalue weighted by Gasteiger charge is 2.26. The number of rotatable bonds is 2. The number of nitrogens with zero attached hydrogens (tertiary/aromatic N) is 1. The van der Waals surface area contributed by atoms with Gasteiger partial charge in [-0.15, -0.1) is 4.57 Å². The van der Waals surface area contributed by atoms with Crippen LogP contribution in [0.15, 0.2) is 18.5 Å². The van der Waals surface area contributed by atoms with E-state index in [2.05, 4.69) is 26.9 Å². The fourth-order valence-corrected chi connectivity index (χ4v) is 3.68. The van der Waals surface area contributed by atoms with Gasteiger partial charge in [-0.05, 0) is 12.5 Å². The van der Waals surface area contributed by atoms with Gasteiger partial charge >= 0.3 is 5.91 Å². The number of carbonyl (C=O) groups excluding carboxylic acids is 1. The minimum absolute atomic E-state index is 0.0807. The molecule has 0 saturated carbocycles. The maximum absolute atomic E-state index is 11.3. The van der Waals surface area contributed by atoms with Crippen LogP contribution in [0.5, 0.6) is 0 Å². The summed E-state index contributed by atoms with van der Waals surface area (Å²) in [6.07, 6.45) is 3.87. The summed E-state index contributed by atoms with van der Waals surface area (Å²) >= 11 is 0. The summed E-state index contributed by atoms with van der Waals surface area (Å²) < 4.78 is 1.69. The fraction of sp³-hybridized carbons (Fsp3) is 0.571. The first-order valence-electron chi connectivity index (χ1n) is 6.42. The third kappa shape index (κ3) is 4.08. The number of aryl methyl sites for hydroxylation is 1. The van der Waals surface area contributed by atoms with Gasteiger partial charge < -0.3 is 0 Å². The molecule has 1 rings (SSSR count). The summed E-state index contributed by atoms with van der Waals surface area (Å²) in [5, 5.41) is 1.39. The van der Waals surface area contributed by atoms with E-state index in [0.717, 1.165) is 0 Å². The second kappa shape index (κ2) is 6.69. The summed E-state index contributed by atoms with van der Waals surface area (Å²) in [6, 6.07) is 3.25. The number of pyridine rings is 1. The third-order valence-corrected chi connectivity index (χ3v) is 6.90. The van der Waals surface area contributed by atoms with E-state index in [1.807, 2.05) is 32.3 Å². The van der Waals surface area contributed by atoms with E-state index in [1.165, 1.54) is 16.8 Å². The zero-order chi connectivity index (χ0) is 13.6. The van der Waals surface area contributed by atoms with Crippen LogP contribution in [0.4, 0.5) is 0 Å². The number of aromatic nitrogens is 1. The molecule has 1 aromatic rings. The smallest absolute Gasteiger partial charge is 0.220 e. The van der Waals surface area contributed by atoms with Crippen molar-refractivity contribution in [2.45, 2.75) is 53.8 Å². The van der Waals surface area contributed by atoms with Gasteiger partial charge in [0.05, 0.1) is 15.0 Å². The SMILES string of the molecule is CC.CC[Si](C)(C)c1c[n+](C(C)=O)ccc1C. The lowest BCUT2D eigenvalue weighted by Crippen LogP contribution is -2.50. The van der Waals surface area contributed by atoms with Crippen molar-refractivity contribution in [2.24, 2.45) is 0 Å². The van der Waals surface area contributed by atoms with Gasteiger partial charge in [0.2, 0.25) is 0 Å². The Balaban J connectivity index is 0.00000121. The number of carbonyl (C=O) groups is 1. The molecule has 1 aromatic heterocycles. The zero-order valence-corrected chi connectivity index (χ0v) is 13.3. The molecule has 2 nitrogen and oxygen atoms in total. The van der Waals surface area contributed by atoms with Crippen LogP contribution in [0, 0.1) is 6.92 Å². The van der Waals surface area contributed by atoms with Crippen molar-refractivity contribution in [1.82, 2.24) is 0 Å². The van der Waals surface area contributed by atoms with Gasteiger partial charge in [-0.1, -0.05) is 39.9 Å². The molecular formula is C14H26NOSi+. The van der Waals surface area contributed by atoms with Crippen molar-refractivity contribution in [1.29, 1.82) is 0 Å². The van der Waals surface area contributed by atoms with E-state index in [0.29, 0.717) is 0 Å². The second-order valence-electron chi connectivity index (χ2n) is 4.71. The Bertz CT molecular complexity index is 386. The molecule has 0 aliphatic carbocycles. The first kappa shape index (κ1) is 16.0. The molecule has 96 valence electrons. The van der Waals surface area contributed by atoms with E-state index in [4.69, 9.17) is 0 Å². The molecule has 0 unspecified atom stereocenters. The van der Waals surface area contributed by atoms with Crippen LogP contribution in [0.2, 0.25) is 19.1 Å². The highest BCUT2D eigenvalue weighted by molar-refractivity contribution is 6.89. The van der Waals surface area contributed by atoms with E-state index in [9.17, 15) is 4.79 Å². The van der Waals surface area contributed by atoms with Crippen molar-refractivity contribution in [3.05, 3.63) is 24.0 Å². The van der Waals surface area contributed by atoms with Gasteiger partial charge in [0, 0.05) is 11.3 Å². The molecule has 0 saturated heterocycles. The molecule has 0 aliphatic heterocycles. The zero-order valence-electron chi connectivity index (χ0n) is 12.3. The Hall–Kier alpha value is -0.963. The summed E-state index contributed by atoms with van der Waals surface area (Å²) in [7, 11) is -1.35. The normalized spacial score (nSPS) is 10.5. The van der Waals surface area contributed by atoms with Crippen LogP contribution < -0.4 is 9.75 Å². The van der Waals surface area contributed by atoms with Crippen molar-refractivity contribution >= 4 is 19.2 Å². The predicted molar refractivity (Wildman–Crippen MR) is 76.6 cm³/mol. The van der Waals surface area contributed by atoms with Gasteiger partial charge in [-0.2, -0.15) is 0 Å². The van der Waals surface area contributed by atoms with Gasteiger partial charge in [0.1, 0.15) is 0 Å². The number of hydrogen-bond donors (Lipinski definition) is 0. The van der Waals surface area contributed by atoms with Crippen LogP contribution in [0.1, 0.15) is 38.1 Å². The van der Waals surface area contributed by atoms with Gasteiger partial charge in [-0.25, -0.2) is 4.79 Å². The van der Waals surface area contributed by atoms with Crippen molar-refractivity contribution in [3.63, 3.8) is 0 Å². The molecule has 0 N–H and O–H groups in total. The van der Waals surface area contributed by atoms with Crippen molar-refractivity contribution in [3.8, 4) is 0 Å². The van der Waals surface area contributed by atoms with E-state index >= 15 is 0 Å². The number of hydrogen-bond acceptors (Lipinski definition) is 1. The van der Waals surface area contributed by atoms with E-state index < -0.39 is 8.07 Å². The fourth-order valence-electron chi connectivity index (χ4n) is 1.66. The molecule has 0 bridgehead atoms. The van der Waals surface area contributed by atoms with Gasteiger partial charge in [0.15, 0.2) is 12.4 Å². The maximum Gasteiger partial charge on any atom is 0.389 e. The first-order chi connectivity index (χ1) is 7.88. The highest BCUT2D eigenvalue weighted by atomic mass is 28.3. The Morgan fingerprint density at radius 3 is 2.29 bits per heavy atom. The first-order valence-corrected chi connectivity index (χ1v) is 9.62. The summed E-state index contributed by atoms with van der Waals surface area (Å²) in [5.74, 6) is 0.0807. The molecule has 0 fully saturated rings. The molecule has 0 spiro atoms. The lowest BCUT2D eigenvalue weighted by atomic mass is 10.3. The molecule has 0 aromatic carbocycles. The van der Waals surface area contributed by atoms with Crippen LogP contribution in [0.3, 0.4) is 0 Å². The third-order valence-electron chi connectivity index (χ3n) is 3.15. The predicted octanol–water partition coefficient (Wildman–Crippen LogP) is 2.90. The van der Waals surface area contributed by atoms with E-state index in [1.54, 1.807) is 11.5 Å². The summed E-state index contributed by atoms with van der Waals surface area (Å²) in [5.41, 5.74) is 1.31. The molecule has 3 heteroatoms. The second-order valence-corrected chi connectivity index (χ2v) is 9.72. The quantitative estimate of drug-likeness (QED) is 0.585. The molecule has 0 atom stereocenters. The van der Waals surface area contributed by atoms with Crippen molar-refractivity contribution < 1.29 is 9.36 Å². The Kier molecular flexibility index (Phi) is 6.32. The Labute approximate surface area is 107 Å². The summed E-state index contributed by atoms with van der Waals surface area (Å²) in [4.78, 5) is 11.3. The van der Waals surface area contributed by atoms with Gasteiger partial charge in [-0.3, -0.25) is 0 Å². The van der Waals surface area contributed by atoms with E-state index in [-0.39, 0.29) is 5.91 Å². The van der Waals surface area contributed by atoms with Crippen LogP contribution in [-0.2, 0) is 0 Å². The molecular weight excluding hydrogens is 226 g/mol. The largest absolute Gasteiger partial charge is 0.389 e. The standard InChI is InChI=1S/C12H20NOSi.C2H6/c1-6-15(4,5)12-9-13(11(3)14)8-7-10(12)2;1-2/h7-9H,6H2,1-5H3;1-2H3/q+1;. The lowest BCUT2D eigenvalue weighted by molar-refractivity contribution is -0.571. The molecule has 0 aliphatic rings.